The Kier molecular flexibility index (Phi) is 6.29. The molecule has 28 heavy (non-hydrogen) atoms. The van der Waals surface area contributed by atoms with E-state index in [9.17, 15) is 14.3 Å². The molecule has 1 saturated heterocycles. The molecule has 8 heteroatoms. The van der Waals surface area contributed by atoms with Crippen molar-refractivity contribution in [1.29, 1.82) is 0 Å². The summed E-state index contributed by atoms with van der Waals surface area (Å²) in [5, 5.41) is 16.5. The standard InChI is InChI=1S/C20H23FN4O2S/c1-3-10-24(2)13-18-23-17(14-28-18)20(27)8-11-25(12-9-20)19(26)22-16-6-4-15(21)5-7-16/h1,4-7,14,27H,8-13H2,2H3,(H,22,26). The normalized spacial score (nSPS) is 16.0. The summed E-state index contributed by atoms with van der Waals surface area (Å²) in [5.74, 6) is 2.24. The zero-order chi connectivity index (χ0) is 20.1. The number of rotatable bonds is 5. The van der Waals surface area contributed by atoms with E-state index in [4.69, 9.17) is 6.42 Å². The molecule has 0 saturated carbocycles. The number of likely N-dealkylation sites (tertiary alicyclic amines) is 1. The van der Waals surface area contributed by atoms with Gasteiger partial charge < -0.3 is 15.3 Å². The third-order valence-corrected chi connectivity index (χ3v) is 5.60. The summed E-state index contributed by atoms with van der Waals surface area (Å²) < 4.78 is 13.0. The first-order valence-electron chi connectivity index (χ1n) is 9.00. The molecule has 0 spiro atoms. The fourth-order valence-corrected chi connectivity index (χ4v) is 4.08. The Bertz CT molecular complexity index is 854. The van der Waals surface area contributed by atoms with Crippen LogP contribution in [0.4, 0.5) is 14.9 Å². The van der Waals surface area contributed by atoms with Crippen molar-refractivity contribution in [2.24, 2.45) is 0 Å². The van der Waals surface area contributed by atoms with Crippen molar-refractivity contribution in [3.05, 3.63) is 46.2 Å². The Morgan fingerprint density at radius 1 is 1.43 bits per heavy atom. The molecule has 0 bridgehead atoms. The average Bonchev–Trinajstić information content (AvgIpc) is 3.13. The third-order valence-electron chi connectivity index (χ3n) is 4.77. The van der Waals surface area contributed by atoms with Gasteiger partial charge >= 0.3 is 6.03 Å². The van der Waals surface area contributed by atoms with Gasteiger partial charge in [-0.15, -0.1) is 17.8 Å². The summed E-state index contributed by atoms with van der Waals surface area (Å²) in [6.45, 7) is 2.00. The summed E-state index contributed by atoms with van der Waals surface area (Å²) in [7, 11) is 1.92. The van der Waals surface area contributed by atoms with Crippen LogP contribution in [-0.2, 0) is 12.1 Å². The van der Waals surface area contributed by atoms with E-state index >= 15 is 0 Å². The van der Waals surface area contributed by atoms with E-state index in [-0.39, 0.29) is 11.8 Å². The van der Waals surface area contributed by atoms with E-state index in [2.05, 4.69) is 16.2 Å². The number of aromatic nitrogens is 1. The number of thiazole rings is 1. The van der Waals surface area contributed by atoms with Gasteiger partial charge in [0.15, 0.2) is 0 Å². The Balaban J connectivity index is 1.56. The van der Waals surface area contributed by atoms with E-state index in [1.807, 2.05) is 17.3 Å². The van der Waals surface area contributed by atoms with E-state index in [0.29, 0.717) is 50.4 Å². The fourth-order valence-electron chi connectivity index (χ4n) is 3.11. The van der Waals surface area contributed by atoms with Crippen molar-refractivity contribution < 1.29 is 14.3 Å². The van der Waals surface area contributed by atoms with Crippen molar-refractivity contribution in [2.45, 2.75) is 25.0 Å². The number of piperidine rings is 1. The lowest BCUT2D eigenvalue weighted by Gasteiger charge is -2.37. The Hall–Kier alpha value is -2.47. The number of benzene rings is 1. The second-order valence-corrected chi connectivity index (χ2v) is 7.90. The van der Waals surface area contributed by atoms with Gasteiger partial charge in [0.1, 0.15) is 16.4 Å². The number of hydrogen-bond donors (Lipinski definition) is 2. The minimum Gasteiger partial charge on any atom is -0.383 e. The van der Waals surface area contributed by atoms with Crippen LogP contribution in [0.3, 0.4) is 0 Å². The molecule has 3 rings (SSSR count). The monoisotopic (exact) mass is 402 g/mol. The first kappa shape index (κ1) is 20.3. The molecular formula is C20H23FN4O2S. The summed E-state index contributed by atoms with van der Waals surface area (Å²) >= 11 is 1.50. The molecule has 1 aromatic carbocycles. The van der Waals surface area contributed by atoms with Crippen molar-refractivity contribution in [3.63, 3.8) is 0 Å². The van der Waals surface area contributed by atoms with Gasteiger partial charge in [-0.1, -0.05) is 5.92 Å². The topological polar surface area (TPSA) is 68.7 Å². The van der Waals surface area contributed by atoms with Crippen LogP contribution >= 0.6 is 11.3 Å². The molecule has 1 aliphatic rings. The van der Waals surface area contributed by atoms with E-state index in [1.54, 1.807) is 4.90 Å². The smallest absolute Gasteiger partial charge is 0.321 e. The summed E-state index contributed by atoms with van der Waals surface area (Å²) in [6.07, 6.45) is 6.14. The van der Waals surface area contributed by atoms with Crippen LogP contribution in [0.1, 0.15) is 23.5 Å². The average molecular weight is 402 g/mol. The lowest BCUT2D eigenvalue weighted by atomic mass is 9.89. The molecule has 1 fully saturated rings. The zero-order valence-corrected chi connectivity index (χ0v) is 16.5. The highest BCUT2D eigenvalue weighted by Gasteiger charge is 2.37. The lowest BCUT2D eigenvalue weighted by Crippen LogP contribution is -2.46. The second kappa shape index (κ2) is 8.69. The fraction of sp³-hybridized carbons (Fsp3) is 0.400. The minimum atomic E-state index is -1.04. The van der Waals surface area contributed by atoms with Crippen LogP contribution in [0.2, 0.25) is 0 Å². The Morgan fingerprint density at radius 3 is 2.75 bits per heavy atom. The number of nitrogens with zero attached hydrogens (tertiary/aromatic N) is 3. The first-order chi connectivity index (χ1) is 13.4. The third kappa shape index (κ3) is 4.87. The Morgan fingerprint density at radius 2 is 2.11 bits per heavy atom. The quantitative estimate of drug-likeness (QED) is 0.755. The molecule has 1 aromatic heterocycles. The molecule has 1 aliphatic heterocycles. The van der Waals surface area contributed by atoms with Gasteiger partial charge in [0.2, 0.25) is 0 Å². The van der Waals surface area contributed by atoms with Gasteiger partial charge in [-0.25, -0.2) is 14.2 Å². The van der Waals surface area contributed by atoms with Gasteiger partial charge in [0.05, 0.1) is 18.8 Å². The maximum Gasteiger partial charge on any atom is 0.321 e. The van der Waals surface area contributed by atoms with Crippen LogP contribution in [-0.4, -0.2) is 52.6 Å². The highest BCUT2D eigenvalue weighted by Crippen LogP contribution is 2.33. The SMILES string of the molecule is C#CCN(C)Cc1nc(C2(O)CCN(C(=O)Nc3ccc(F)cc3)CC2)cs1. The molecule has 0 unspecified atom stereocenters. The molecule has 0 radical (unpaired) electrons. The minimum absolute atomic E-state index is 0.261. The Labute approximate surface area is 168 Å². The molecule has 2 N–H and O–H groups in total. The maximum absolute atomic E-state index is 13.0. The van der Waals surface area contributed by atoms with Crippen molar-refractivity contribution in [3.8, 4) is 12.3 Å². The second-order valence-electron chi connectivity index (χ2n) is 6.96. The number of carbonyl (C=O) groups excluding carboxylic acids is 1. The van der Waals surface area contributed by atoms with Crippen LogP contribution in [0.5, 0.6) is 0 Å². The molecule has 0 atom stereocenters. The molecule has 148 valence electrons. The maximum atomic E-state index is 13.0. The predicted molar refractivity (Wildman–Crippen MR) is 107 cm³/mol. The molecule has 0 aliphatic carbocycles. The van der Waals surface area contributed by atoms with E-state index in [0.717, 1.165) is 5.01 Å². The number of terminal acetylenes is 1. The number of carbonyl (C=O) groups is 1. The zero-order valence-electron chi connectivity index (χ0n) is 15.7. The van der Waals surface area contributed by atoms with Gasteiger partial charge in [-0.3, -0.25) is 4.90 Å². The largest absolute Gasteiger partial charge is 0.383 e. The van der Waals surface area contributed by atoms with Crippen molar-refractivity contribution in [1.82, 2.24) is 14.8 Å². The lowest BCUT2D eigenvalue weighted by molar-refractivity contribution is -0.0189. The summed E-state index contributed by atoms with van der Waals surface area (Å²) in [4.78, 5) is 20.6. The summed E-state index contributed by atoms with van der Waals surface area (Å²) in [6, 6.07) is 5.36. The molecule has 2 heterocycles. The highest BCUT2D eigenvalue weighted by atomic mass is 32.1. The number of halogens is 1. The van der Waals surface area contributed by atoms with Gasteiger partial charge in [-0.2, -0.15) is 0 Å². The predicted octanol–water partition coefficient (Wildman–Crippen LogP) is 2.86. The number of aliphatic hydroxyl groups is 1. The van der Waals surface area contributed by atoms with E-state index in [1.165, 1.54) is 35.6 Å². The van der Waals surface area contributed by atoms with E-state index < -0.39 is 5.60 Å². The van der Waals surface area contributed by atoms with Gasteiger partial charge in [0, 0.05) is 24.2 Å². The highest BCUT2D eigenvalue weighted by molar-refractivity contribution is 7.09. The van der Waals surface area contributed by atoms with Gasteiger partial charge in [0.25, 0.3) is 0 Å². The molecular weight excluding hydrogens is 379 g/mol. The van der Waals surface area contributed by atoms with Crippen molar-refractivity contribution in [2.75, 3.05) is 32.0 Å². The van der Waals surface area contributed by atoms with Gasteiger partial charge in [-0.05, 0) is 44.2 Å². The van der Waals surface area contributed by atoms with Crippen LogP contribution in [0, 0.1) is 18.2 Å². The molecule has 2 aromatic rings. The number of amides is 2. The van der Waals surface area contributed by atoms with Crippen LogP contribution in [0.25, 0.3) is 0 Å². The summed E-state index contributed by atoms with van der Waals surface area (Å²) in [5.41, 5.74) is 0.152. The number of urea groups is 1. The molecule has 2 amide bonds. The number of hydrogen-bond acceptors (Lipinski definition) is 5. The molecule has 6 nitrogen and oxygen atoms in total. The van der Waals surface area contributed by atoms with Crippen molar-refractivity contribution >= 4 is 23.1 Å². The van der Waals surface area contributed by atoms with Crippen LogP contribution in [0.15, 0.2) is 29.6 Å². The first-order valence-corrected chi connectivity index (χ1v) is 9.88. The van der Waals surface area contributed by atoms with Crippen LogP contribution < -0.4 is 5.32 Å². The number of nitrogens with one attached hydrogen (secondary N) is 1. The number of anilines is 1.